The summed E-state index contributed by atoms with van der Waals surface area (Å²) in [6, 6.07) is 12.0. The SMILES string of the molecule is CC1CCC(NC(=O)c2cc(-c3ccccc3)n[nH]2)CC1. The molecule has 1 aliphatic rings. The van der Waals surface area contributed by atoms with Crippen LogP contribution in [0.15, 0.2) is 36.4 Å². The number of H-pyrrole nitrogens is 1. The van der Waals surface area contributed by atoms with E-state index in [2.05, 4.69) is 22.4 Å². The van der Waals surface area contributed by atoms with Crippen LogP contribution in [0.5, 0.6) is 0 Å². The van der Waals surface area contributed by atoms with E-state index in [0.717, 1.165) is 30.0 Å². The van der Waals surface area contributed by atoms with Gasteiger partial charge in [0.25, 0.3) is 5.91 Å². The number of nitrogens with one attached hydrogen (secondary N) is 2. The summed E-state index contributed by atoms with van der Waals surface area (Å²) < 4.78 is 0. The number of aromatic nitrogens is 2. The molecule has 1 amide bonds. The molecule has 0 aliphatic heterocycles. The van der Waals surface area contributed by atoms with E-state index in [4.69, 9.17) is 0 Å². The molecule has 4 nitrogen and oxygen atoms in total. The minimum Gasteiger partial charge on any atom is -0.348 e. The number of hydrogen-bond acceptors (Lipinski definition) is 2. The number of nitrogens with zero attached hydrogens (tertiary/aromatic N) is 1. The summed E-state index contributed by atoms with van der Waals surface area (Å²) in [6.45, 7) is 2.28. The lowest BCUT2D eigenvalue weighted by atomic mass is 9.87. The highest BCUT2D eigenvalue weighted by atomic mass is 16.2. The van der Waals surface area contributed by atoms with Crippen LogP contribution < -0.4 is 5.32 Å². The van der Waals surface area contributed by atoms with Crippen molar-refractivity contribution in [3.63, 3.8) is 0 Å². The topological polar surface area (TPSA) is 57.8 Å². The zero-order chi connectivity index (χ0) is 14.7. The van der Waals surface area contributed by atoms with Gasteiger partial charge in [0.15, 0.2) is 0 Å². The highest BCUT2D eigenvalue weighted by Crippen LogP contribution is 2.24. The first-order valence-electron chi connectivity index (χ1n) is 7.64. The van der Waals surface area contributed by atoms with Gasteiger partial charge in [0.05, 0.1) is 5.69 Å². The van der Waals surface area contributed by atoms with E-state index in [9.17, 15) is 4.79 Å². The highest BCUT2D eigenvalue weighted by Gasteiger charge is 2.21. The maximum Gasteiger partial charge on any atom is 0.269 e. The summed E-state index contributed by atoms with van der Waals surface area (Å²) in [5.74, 6) is 0.735. The van der Waals surface area contributed by atoms with Crippen LogP contribution in [-0.2, 0) is 0 Å². The van der Waals surface area contributed by atoms with Gasteiger partial charge in [-0.1, -0.05) is 37.3 Å². The number of hydrogen-bond donors (Lipinski definition) is 2. The average molecular weight is 283 g/mol. The molecular formula is C17H21N3O. The molecular weight excluding hydrogens is 262 g/mol. The van der Waals surface area contributed by atoms with Crippen LogP contribution in [0.3, 0.4) is 0 Å². The Labute approximate surface area is 125 Å². The van der Waals surface area contributed by atoms with Crippen LogP contribution in [0, 0.1) is 5.92 Å². The monoisotopic (exact) mass is 283 g/mol. The van der Waals surface area contributed by atoms with Crippen LogP contribution in [0.25, 0.3) is 11.3 Å². The van der Waals surface area contributed by atoms with Crippen molar-refractivity contribution in [3.8, 4) is 11.3 Å². The minimum atomic E-state index is -0.0516. The van der Waals surface area contributed by atoms with Crippen molar-refractivity contribution in [2.75, 3.05) is 0 Å². The van der Waals surface area contributed by atoms with Gasteiger partial charge in [0.2, 0.25) is 0 Å². The highest BCUT2D eigenvalue weighted by molar-refractivity contribution is 5.93. The average Bonchev–Trinajstić information content (AvgIpc) is 3.00. The summed E-state index contributed by atoms with van der Waals surface area (Å²) in [5.41, 5.74) is 2.35. The fourth-order valence-corrected chi connectivity index (χ4v) is 2.86. The second-order valence-electron chi connectivity index (χ2n) is 5.96. The Bertz CT molecular complexity index is 598. The molecule has 4 heteroatoms. The fraction of sp³-hybridized carbons (Fsp3) is 0.412. The van der Waals surface area contributed by atoms with E-state index in [1.165, 1.54) is 12.8 Å². The molecule has 110 valence electrons. The Morgan fingerprint density at radius 3 is 2.62 bits per heavy atom. The standard InChI is InChI=1S/C17H21N3O/c1-12-7-9-14(10-8-12)18-17(21)16-11-15(19-20-16)13-5-3-2-4-6-13/h2-6,11-12,14H,7-10H2,1H3,(H,18,21)(H,19,20). The van der Waals surface area contributed by atoms with Gasteiger partial charge in [-0.15, -0.1) is 0 Å². The quantitative estimate of drug-likeness (QED) is 0.907. The Kier molecular flexibility index (Phi) is 4.04. The van der Waals surface area contributed by atoms with Crippen LogP contribution in [0.1, 0.15) is 43.1 Å². The maximum absolute atomic E-state index is 12.3. The predicted molar refractivity (Wildman–Crippen MR) is 82.9 cm³/mol. The molecule has 0 saturated heterocycles. The largest absolute Gasteiger partial charge is 0.348 e. The second kappa shape index (κ2) is 6.12. The lowest BCUT2D eigenvalue weighted by Gasteiger charge is -2.26. The first-order chi connectivity index (χ1) is 10.2. The van der Waals surface area contributed by atoms with Gasteiger partial charge < -0.3 is 5.32 Å². The third-order valence-electron chi connectivity index (χ3n) is 4.24. The molecule has 2 aromatic rings. The van der Waals surface area contributed by atoms with Crippen LogP contribution in [-0.4, -0.2) is 22.1 Å². The minimum absolute atomic E-state index is 0.0516. The Balaban J connectivity index is 1.64. The van der Waals surface area contributed by atoms with E-state index in [-0.39, 0.29) is 5.91 Å². The normalized spacial score (nSPS) is 22.0. The zero-order valence-corrected chi connectivity index (χ0v) is 12.3. The number of amides is 1. The Morgan fingerprint density at radius 2 is 1.90 bits per heavy atom. The lowest BCUT2D eigenvalue weighted by molar-refractivity contribution is 0.0918. The van der Waals surface area contributed by atoms with Gasteiger partial charge in [0, 0.05) is 11.6 Å². The van der Waals surface area contributed by atoms with Crippen LogP contribution in [0.4, 0.5) is 0 Å². The molecule has 1 aliphatic carbocycles. The number of carbonyl (C=O) groups excluding carboxylic acids is 1. The Hall–Kier alpha value is -2.10. The van der Waals surface area contributed by atoms with Crippen molar-refractivity contribution in [2.45, 2.75) is 38.6 Å². The van der Waals surface area contributed by atoms with Crippen molar-refractivity contribution in [1.82, 2.24) is 15.5 Å². The van der Waals surface area contributed by atoms with Crippen LogP contribution >= 0.6 is 0 Å². The molecule has 21 heavy (non-hydrogen) atoms. The zero-order valence-electron chi connectivity index (χ0n) is 12.3. The number of rotatable bonds is 3. The van der Waals surface area contributed by atoms with Crippen LogP contribution in [0.2, 0.25) is 0 Å². The van der Waals surface area contributed by atoms with Gasteiger partial charge in [-0.05, 0) is 37.7 Å². The van der Waals surface area contributed by atoms with Crippen molar-refractivity contribution in [1.29, 1.82) is 0 Å². The van der Waals surface area contributed by atoms with E-state index >= 15 is 0 Å². The molecule has 0 bridgehead atoms. The molecule has 1 saturated carbocycles. The summed E-state index contributed by atoms with van der Waals surface area (Å²) >= 11 is 0. The van der Waals surface area contributed by atoms with Crippen molar-refractivity contribution in [2.24, 2.45) is 5.92 Å². The molecule has 0 spiro atoms. The number of benzene rings is 1. The van der Waals surface area contributed by atoms with Gasteiger partial charge in [-0.2, -0.15) is 5.10 Å². The first kappa shape index (κ1) is 13.9. The van der Waals surface area contributed by atoms with Gasteiger partial charge in [-0.25, -0.2) is 0 Å². The first-order valence-corrected chi connectivity index (χ1v) is 7.64. The van der Waals surface area contributed by atoms with Crippen molar-refractivity contribution >= 4 is 5.91 Å². The summed E-state index contributed by atoms with van der Waals surface area (Å²) in [7, 11) is 0. The summed E-state index contributed by atoms with van der Waals surface area (Å²) in [5, 5.41) is 10.2. The van der Waals surface area contributed by atoms with E-state index in [0.29, 0.717) is 11.7 Å². The van der Waals surface area contributed by atoms with Crippen molar-refractivity contribution < 1.29 is 4.79 Å². The second-order valence-corrected chi connectivity index (χ2v) is 5.96. The maximum atomic E-state index is 12.3. The number of carbonyl (C=O) groups is 1. The molecule has 1 aromatic carbocycles. The fourth-order valence-electron chi connectivity index (χ4n) is 2.86. The smallest absolute Gasteiger partial charge is 0.269 e. The van der Waals surface area contributed by atoms with Gasteiger partial charge in [0.1, 0.15) is 5.69 Å². The molecule has 1 heterocycles. The molecule has 0 atom stereocenters. The molecule has 1 aromatic heterocycles. The molecule has 1 fully saturated rings. The van der Waals surface area contributed by atoms with Gasteiger partial charge >= 0.3 is 0 Å². The lowest BCUT2D eigenvalue weighted by Crippen LogP contribution is -2.37. The molecule has 2 N–H and O–H groups in total. The predicted octanol–water partition coefficient (Wildman–Crippen LogP) is 3.39. The third-order valence-corrected chi connectivity index (χ3v) is 4.24. The van der Waals surface area contributed by atoms with E-state index in [1.807, 2.05) is 36.4 Å². The molecule has 3 rings (SSSR count). The molecule has 0 unspecified atom stereocenters. The van der Waals surface area contributed by atoms with Crippen molar-refractivity contribution in [3.05, 3.63) is 42.1 Å². The third kappa shape index (κ3) is 3.32. The van der Waals surface area contributed by atoms with Gasteiger partial charge in [-0.3, -0.25) is 9.89 Å². The Morgan fingerprint density at radius 1 is 1.19 bits per heavy atom. The van der Waals surface area contributed by atoms with E-state index in [1.54, 1.807) is 0 Å². The molecule has 0 radical (unpaired) electrons. The number of aromatic amines is 1. The summed E-state index contributed by atoms with van der Waals surface area (Å²) in [6.07, 6.45) is 4.55. The van der Waals surface area contributed by atoms with E-state index < -0.39 is 0 Å². The summed E-state index contributed by atoms with van der Waals surface area (Å²) in [4.78, 5) is 12.3.